The largest absolute Gasteiger partial charge is 0.478 e. The summed E-state index contributed by atoms with van der Waals surface area (Å²) in [5.74, 6) is -1.03. The summed E-state index contributed by atoms with van der Waals surface area (Å²) in [6.45, 7) is 2.14. The van der Waals surface area contributed by atoms with Crippen molar-refractivity contribution in [2.75, 3.05) is 44.5 Å². The molecule has 0 saturated heterocycles. The SMILES string of the molecule is COCCOCCNc1cccc(C(=O)O)c1N. The summed E-state index contributed by atoms with van der Waals surface area (Å²) in [5, 5.41) is 11.9. The second kappa shape index (κ2) is 7.52. The molecule has 1 rings (SSSR count). The Balaban J connectivity index is 2.43. The van der Waals surface area contributed by atoms with Crippen molar-refractivity contribution in [2.24, 2.45) is 0 Å². The Morgan fingerprint density at radius 1 is 1.39 bits per heavy atom. The first-order valence-electron chi connectivity index (χ1n) is 5.59. The summed E-state index contributed by atoms with van der Waals surface area (Å²) in [5.41, 5.74) is 6.68. The number of nitrogens with two attached hydrogens (primary N) is 1. The van der Waals surface area contributed by atoms with Crippen molar-refractivity contribution < 1.29 is 19.4 Å². The van der Waals surface area contributed by atoms with Crippen LogP contribution >= 0.6 is 0 Å². The van der Waals surface area contributed by atoms with E-state index in [1.54, 1.807) is 19.2 Å². The standard InChI is InChI=1S/C12H18N2O4/c1-17-7-8-18-6-5-14-10-4-2-3-9(11(10)13)12(15)16/h2-4,14H,5-8,13H2,1H3,(H,15,16). The lowest BCUT2D eigenvalue weighted by Crippen LogP contribution is -2.14. The number of carbonyl (C=O) groups is 1. The van der Waals surface area contributed by atoms with Gasteiger partial charge in [0.2, 0.25) is 0 Å². The molecule has 1 aromatic rings. The van der Waals surface area contributed by atoms with Gasteiger partial charge in [0.1, 0.15) is 0 Å². The number of methoxy groups -OCH3 is 1. The van der Waals surface area contributed by atoms with Crippen LogP contribution < -0.4 is 11.1 Å². The van der Waals surface area contributed by atoms with Gasteiger partial charge >= 0.3 is 5.97 Å². The van der Waals surface area contributed by atoms with Crippen molar-refractivity contribution >= 4 is 17.3 Å². The minimum absolute atomic E-state index is 0.0975. The highest BCUT2D eigenvalue weighted by atomic mass is 16.5. The second-order valence-corrected chi connectivity index (χ2v) is 3.60. The fourth-order valence-corrected chi connectivity index (χ4v) is 1.41. The summed E-state index contributed by atoms with van der Waals surface area (Å²) in [7, 11) is 1.61. The lowest BCUT2D eigenvalue weighted by Gasteiger charge is -2.11. The van der Waals surface area contributed by atoms with E-state index in [4.69, 9.17) is 20.3 Å². The lowest BCUT2D eigenvalue weighted by molar-refractivity contribution is 0.0698. The Labute approximate surface area is 106 Å². The molecule has 0 aliphatic carbocycles. The van der Waals surface area contributed by atoms with Crippen LogP contribution in [0.1, 0.15) is 10.4 Å². The van der Waals surface area contributed by atoms with Crippen LogP contribution in [0.3, 0.4) is 0 Å². The molecule has 4 N–H and O–H groups in total. The number of anilines is 2. The Bertz CT molecular complexity index is 396. The Morgan fingerprint density at radius 3 is 2.83 bits per heavy atom. The normalized spacial score (nSPS) is 10.3. The van der Waals surface area contributed by atoms with Crippen molar-refractivity contribution in [1.82, 2.24) is 0 Å². The van der Waals surface area contributed by atoms with Crippen LogP contribution in [-0.4, -0.2) is 44.6 Å². The molecule has 0 radical (unpaired) electrons. The minimum Gasteiger partial charge on any atom is -0.478 e. The number of aromatic carboxylic acids is 1. The number of nitrogen functional groups attached to an aromatic ring is 1. The van der Waals surface area contributed by atoms with Gasteiger partial charge in [-0.3, -0.25) is 0 Å². The van der Waals surface area contributed by atoms with Crippen molar-refractivity contribution in [1.29, 1.82) is 0 Å². The summed E-state index contributed by atoms with van der Waals surface area (Å²) in [4.78, 5) is 10.9. The van der Waals surface area contributed by atoms with E-state index in [-0.39, 0.29) is 11.3 Å². The highest BCUT2D eigenvalue weighted by Crippen LogP contribution is 2.22. The maximum Gasteiger partial charge on any atom is 0.337 e. The second-order valence-electron chi connectivity index (χ2n) is 3.60. The first kappa shape index (κ1) is 14.3. The van der Waals surface area contributed by atoms with Gasteiger partial charge in [-0.25, -0.2) is 4.79 Å². The van der Waals surface area contributed by atoms with Gasteiger partial charge in [0, 0.05) is 13.7 Å². The first-order chi connectivity index (χ1) is 8.66. The van der Waals surface area contributed by atoms with Gasteiger partial charge in [0.05, 0.1) is 36.8 Å². The molecular weight excluding hydrogens is 236 g/mol. The van der Waals surface area contributed by atoms with Gasteiger partial charge < -0.3 is 25.6 Å². The number of nitrogens with one attached hydrogen (secondary N) is 1. The molecular formula is C12H18N2O4. The monoisotopic (exact) mass is 254 g/mol. The number of ether oxygens (including phenoxy) is 2. The molecule has 0 saturated carbocycles. The molecule has 6 heteroatoms. The van der Waals surface area contributed by atoms with Crippen molar-refractivity contribution in [2.45, 2.75) is 0 Å². The maximum atomic E-state index is 10.9. The Kier molecular flexibility index (Phi) is 5.96. The van der Waals surface area contributed by atoms with Crippen LogP contribution in [0, 0.1) is 0 Å². The summed E-state index contributed by atoms with van der Waals surface area (Å²) in [6, 6.07) is 4.85. The van der Waals surface area contributed by atoms with Gasteiger partial charge in [-0.1, -0.05) is 6.07 Å². The third-order valence-corrected chi connectivity index (χ3v) is 2.33. The number of benzene rings is 1. The number of hydrogen-bond donors (Lipinski definition) is 3. The third-order valence-electron chi connectivity index (χ3n) is 2.33. The zero-order valence-corrected chi connectivity index (χ0v) is 10.3. The van der Waals surface area contributed by atoms with Crippen LogP contribution in [0.2, 0.25) is 0 Å². The molecule has 0 spiro atoms. The molecule has 0 bridgehead atoms. The molecule has 1 aromatic carbocycles. The highest BCUT2D eigenvalue weighted by Gasteiger charge is 2.10. The van der Waals surface area contributed by atoms with Crippen molar-refractivity contribution in [3.8, 4) is 0 Å². The van der Waals surface area contributed by atoms with E-state index in [1.807, 2.05) is 0 Å². The lowest BCUT2D eigenvalue weighted by atomic mass is 10.1. The van der Waals surface area contributed by atoms with E-state index in [9.17, 15) is 4.79 Å². The molecule has 0 fully saturated rings. The molecule has 0 aromatic heterocycles. The van der Waals surface area contributed by atoms with Gasteiger partial charge in [-0.2, -0.15) is 0 Å². The van der Waals surface area contributed by atoms with Crippen molar-refractivity contribution in [3.05, 3.63) is 23.8 Å². The van der Waals surface area contributed by atoms with E-state index in [1.165, 1.54) is 6.07 Å². The van der Waals surface area contributed by atoms with Crippen LogP contribution in [0.25, 0.3) is 0 Å². The molecule has 0 atom stereocenters. The van der Waals surface area contributed by atoms with Crippen LogP contribution in [-0.2, 0) is 9.47 Å². The summed E-state index contributed by atoms with van der Waals surface area (Å²) >= 11 is 0. The van der Waals surface area contributed by atoms with E-state index < -0.39 is 5.97 Å². The van der Waals surface area contributed by atoms with E-state index in [2.05, 4.69) is 5.32 Å². The molecule has 0 unspecified atom stereocenters. The molecule has 0 heterocycles. The van der Waals surface area contributed by atoms with Gasteiger partial charge in [-0.15, -0.1) is 0 Å². The van der Waals surface area contributed by atoms with E-state index in [0.717, 1.165) is 0 Å². The zero-order chi connectivity index (χ0) is 13.4. The fraction of sp³-hybridized carbons (Fsp3) is 0.417. The number of hydrogen-bond acceptors (Lipinski definition) is 5. The van der Waals surface area contributed by atoms with Gasteiger partial charge in [0.15, 0.2) is 0 Å². The van der Waals surface area contributed by atoms with Gasteiger partial charge in [0.25, 0.3) is 0 Å². The smallest absolute Gasteiger partial charge is 0.337 e. The molecule has 18 heavy (non-hydrogen) atoms. The molecule has 0 aliphatic rings. The average molecular weight is 254 g/mol. The number of para-hydroxylation sites is 1. The average Bonchev–Trinajstić information content (AvgIpc) is 2.35. The van der Waals surface area contributed by atoms with Gasteiger partial charge in [-0.05, 0) is 12.1 Å². The van der Waals surface area contributed by atoms with E-state index >= 15 is 0 Å². The molecule has 100 valence electrons. The summed E-state index contributed by atoms with van der Waals surface area (Å²) in [6.07, 6.45) is 0. The Hall–Kier alpha value is -1.79. The molecule has 0 amide bonds. The maximum absolute atomic E-state index is 10.9. The predicted octanol–water partition coefficient (Wildman–Crippen LogP) is 1.04. The van der Waals surface area contributed by atoms with Crippen molar-refractivity contribution in [3.63, 3.8) is 0 Å². The number of carboxylic acids is 1. The highest BCUT2D eigenvalue weighted by molar-refractivity contribution is 5.97. The number of carboxylic acid groups (broad SMARTS) is 1. The summed E-state index contributed by atoms with van der Waals surface area (Å²) < 4.78 is 10.1. The van der Waals surface area contributed by atoms with Crippen LogP contribution in [0.15, 0.2) is 18.2 Å². The molecule has 6 nitrogen and oxygen atoms in total. The minimum atomic E-state index is -1.03. The zero-order valence-electron chi connectivity index (χ0n) is 10.3. The van der Waals surface area contributed by atoms with Crippen LogP contribution in [0.4, 0.5) is 11.4 Å². The third kappa shape index (κ3) is 4.23. The predicted molar refractivity (Wildman–Crippen MR) is 69.0 cm³/mol. The van der Waals surface area contributed by atoms with E-state index in [0.29, 0.717) is 32.1 Å². The number of rotatable bonds is 8. The quantitative estimate of drug-likeness (QED) is 0.474. The Morgan fingerprint density at radius 2 is 2.17 bits per heavy atom. The molecule has 0 aliphatic heterocycles. The topological polar surface area (TPSA) is 93.8 Å². The first-order valence-corrected chi connectivity index (χ1v) is 5.59. The van der Waals surface area contributed by atoms with Crippen LogP contribution in [0.5, 0.6) is 0 Å². The fourth-order valence-electron chi connectivity index (χ4n) is 1.41.